The molecule has 3 rings (SSSR count). The average Bonchev–Trinajstić information content (AvgIpc) is 2.62. The molecule has 1 aromatic heterocycles. The fourth-order valence-corrected chi connectivity index (χ4v) is 4.09. The summed E-state index contributed by atoms with van der Waals surface area (Å²) < 4.78 is 3.93. The molecule has 2 aromatic carbocycles. The van der Waals surface area contributed by atoms with Crippen LogP contribution in [0, 0.1) is 10.5 Å². The number of aryl methyl sites for hydroxylation is 1. The zero-order valence-electron chi connectivity index (χ0n) is 8.55. The van der Waals surface area contributed by atoms with Gasteiger partial charge in [0.1, 0.15) is 0 Å². The van der Waals surface area contributed by atoms with Crippen molar-refractivity contribution in [3.63, 3.8) is 0 Å². The molecule has 0 N–H and O–H groups in total. The molecule has 1 heterocycles. The molecule has 3 aromatic rings. The van der Waals surface area contributed by atoms with Crippen LogP contribution in [0.15, 0.2) is 30.3 Å². The summed E-state index contributed by atoms with van der Waals surface area (Å²) >= 11 is 10.3. The summed E-state index contributed by atoms with van der Waals surface area (Å²) in [6, 6.07) is 10.7. The Hall–Kier alpha value is -0.320. The molecule has 0 amide bonds. The number of rotatable bonds is 0. The molecule has 0 spiro atoms. The standard InChI is InChI=1S/C13H8ClIS/c1-7-11(14)5-4-10-9-3-2-8(15)6-12(9)16-13(7)10/h2-6H,1H3. The van der Waals surface area contributed by atoms with Crippen LogP contribution in [-0.4, -0.2) is 0 Å². The number of hydrogen-bond acceptors (Lipinski definition) is 1. The number of hydrogen-bond donors (Lipinski definition) is 0. The molecule has 0 aliphatic carbocycles. The van der Waals surface area contributed by atoms with Crippen LogP contribution in [0.25, 0.3) is 20.2 Å². The van der Waals surface area contributed by atoms with E-state index in [9.17, 15) is 0 Å². The van der Waals surface area contributed by atoms with Crippen molar-refractivity contribution in [1.29, 1.82) is 0 Å². The molecule has 0 saturated carbocycles. The maximum absolute atomic E-state index is 6.15. The van der Waals surface area contributed by atoms with Gasteiger partial charge in [-0.05, 0) is 53.3 Å². The van der Waals surface area contributed by atoms with E-state index < -0.39 is 0 Å². The lowest BCUT2D eigenvalue weighted by Crippen LogP contribution is -1.74. The Morgan fingerprint density at radius 1 is 1.12 bits per heavy atom. The molecule has 80 valence electrons. The average molecular weight is 359 g/mol. The highest BCUT2D eigenvalue weighted by atomic mass is 127. The van der Waals surface area contributed by atoms with Gasteiger partial charge in [-0.2, -0.15) is 0 Å². The van der Waals surface area contributed by atoms with E-state index in [1.165, 1.54) is 29.3 Å². The molecule has 0 bridgehead atoms. The van der Waals surface area contributed by atoms with E-state index in [0.29, 0.717) is 0 Å². The molecule has 0 saturated heterocycles. The Bertz CT molecular complexity index is 700. The van der Waals surface area contributed by atoms with Gasteiger partial charge in [0.2, 0.25) is 0 Å². The molecule has 0 nitrogen and oxygen atoms in total. The summed E-state index contributed by atoms with van der Waals surface area (Å²) in [6.45, 7) is 2.09. The second-order valence-electron chi connectivity index (χ2n) is 3.79. The Morgan fingerprint density at radius 3 is 2.69 bits per heavy atom. The smallest absolute Gasteiger partial charge is 0.0449 e. The van der Waals surface area contributed by atoms with E-state index in [4.69, 9.17) is 11.6 Å². The number of fused-ring (bicyclic) bond motifs is 3. The fourth-order valence-electron chi connectivity index (χ4n) is 1.92. The molecular formula is C13H8ClIS. The molecule has 0 aliphatic rings. The zero-order chi connectivity index (χ0) is 11.3. The van der Waals surface area contributed by atoms with Crippen LogP contribution in [-0.2, 0) is 0 Å². The van der Waals surface area contributed by atoms with Gasteiger partial charge in [0.25, 0.3) is 0 Å². The molecule has 0 fully saturated rings. The van der Waals surface area contributed by atoms with Crippen LogP contribution >= 0.6 is 45.5 Å². The van der Waals surface area contributed by atoms with Crippen molar-refractivity contribution in [2.45, 2.75) is 6.92 Å². The van der Waals surface area contributed by atoms with Crippen LogP contribution in [0.4, 0.5) is 0 Å². The number of thiophene rings is 1. The van der Waals surface area contributed by atoms with Crippen molar-refractivity contribution in [2.75, 3.05) is 0 Å². The third-order valence-corrected chi connectivity index (χ3v) is 5.15. The van der Waals surface area contributed by atoms with Crippen LogP contribution in [0.2, 0.25) is 5.02 Å². The fraction of sp³-hybridized carbons (Fsp3) is 0.0769. The van der Waals surface area contributed by atoms with Gasteiger partial charge in [-0.15, -0.1) is 11.3 Å². The second kappa shape index (κ2) is 3.86. The predicted molar refractivity (Wildman–Crippen MR) is 81.8 cm³/mol. The van der Waals surface area contributed by atoms with Crippen molar-refractivity contribution >= 4 is 65.7 Å². The third kappa shape index (κ3) is 1.55. The molecule has 0 aliphatic heterocycles. The molecule has 0 atom stereocenters. The quantitative estimate of drug-likeness (QED) is 0.457. The first-order valence-electron chi connectivity index (χ1n) is 4.93. The van der Waals surface area contributed by atoms with Gasteiger partial charge >= 0.3 is 0 Å². The summed E-state index contributed by atoms with van der Waals surface area (Å²) in [5.41, 5.74) is 1.19. The van der Waals surface area contributed by atoms with Gasteiger partial charge in [0.15, 0.2) is 0 Å². The van der Waals surface area contributed by atoms with Gasteiger partial charge in [-0.25, -0.2) is 0 Å². The van der Waals surface area contributed by atoms with Crippen LogP contribution in [0.5, 0.6) is 0 Å². The Morgan fingerprint density at radius 2 is 1.88 bits per heavy atom. The van der Waals surface area contributed by atoms with Crippen LogP contribution in [0.1, 0.15) is 5.56 Å². The van der Waals surface area contributed by atoms with E-state index in [1.807, 2.05) is 17.4 Å². The SMILES string of the molecule is Cc1c(Cl)ccc2c1sc1cc(I)ccc12. The highest BCUT2D eigenvalue weighted by molar-refractivity contribution is 14.1. The highest BCUT2D eigenvalue weighted by Gasteiger charge is 2.08. The highest BCUT2D eigenvalue weighted by Crippen LogP contribution is 2.38. The summed E-state index contributed by atoms with van der Waals surface area (Å²) in [7, 11) is 0. The largest absolute Gasteiger partial charge is 0.135 e. The Balaban J connectivity index is 2.55. The minimum absolute atomic E-state index is 0.855. The molecule has 16 heavy (non-hydrogen) atoms. The first-order valence-corrected chi connectivity index (χ1v) is 7.21. The second-order valence-corrected chi connectivity index (χ2v) is 6.50. The summed E-state index contributed by atoms with van der Waals surface area (Å²) in [6.07, 6.45) is 0. The van der Waals surface area contributed by atoms with Crippen molar-refractivity contribution in [3.05, 3.63) is 44.5 Å². The molecule has 3 heteroatoms. The maximum atomic E-state index is 6.15. The van der Waals surface area contributed by atoms with Gasteiger partial charge in [0, 0.05) is 28.8 Å². The predicted octanol–water partition coefficient (Wildman–Crippen LogP) is 5.62. The maximum Gasteiger partial charge on any atom is 0.0449 e. The summed E-state index contributed by atoms with van der Waals surface area (Å²) in [4.78, 5) is 0. The lowest BCUT2D eigenvalue weighted by atomic mass is 10.1. The van der Waals surface area contributed by atoms with Gasteiger partial charge in [-0.3, -0.25) is 0 Å². The summed E-state index contributed by atoms with van der Waals surface area (Å²) in [5, 5.41) is 3.51. The normalized spacial score (nSPS) is 11.4. The topological polar surface area (TPSA) is 0 Å². The molecule has 0 unspecified atom stereocenters. The van der Waals surface area contributed by atoms with Crippen molar-refractivity contribution < 1.29 is 0 Å². The van der Waals surface area contributed by atoms with Gasteiger partial charge in [-0.1, -0.05) is 23.7 Å². The van der Waals surface area contributed by atoms with Crippen molar-refractivity contribution in [1.82, 2.24) is 0 Å². The minimum atomic E-state index is 0.855. The van der Waals surface area contributed by atoms with Crippen molar-refractivity contribution in [3.8, 4) is 0 Å². The summed E-state index contributed by atoms with van der Waals surface area (Å²) in [5.74, 6) is 0. The third-order valence-electron chi connectivity index (χ3n) is 2.79. The van der Waals surface area contributed by atoms with E-state index >= 15 is 0 Å². The first kappa shape index (κ1) is 10.8. The van der Waals surface area contributed by atoms with E-state index in [-0.39, 0.29) is 0 Å². The van der Waals surface area contributed by atoms with E-state index in [2.05, 4.69) is 53.8 Å². The minimum Gasteiger partial charge on any atom is -0.135 e. The van der Waals surface area contributed by atoms with E-state index in [1.54, 1.807) is 0 Å². The van der Waals surface area contributed by atoms with Crippen LogP contribution in [0.3, 0.4) is 0 Å². The zero-order valence-corrected chi connectivity index (χ0v) is 12.3. The molecular weight excluding hydrogens is 351 g/mol. The lowest BCUT2D eigenvalue weighted by Gasteiger charge is -1.98. The number of benzene rings is 2. The first-order chi connectivity index (χ1) is 7.66. The monoisotopic (exact) mass is 358 g/mol. The van der Waals surface area contributed by atoms with Crippen LogP contribution < -0.4 is 0 Å². The van der Waals surface area contributed by atoms with Crippen molar-refractivity contribution in [2.24, 2.45) is 0 Å². The Labute approximate surface area is 116 Å². The van der Waals surface area contributed by atoms with E-state index in [0.717, 1.165) is 5.02 Å². The Kier molecular flexibility index (Phi) is 2.61. The lowest BCUT2D eigenvalue weighted by molar-refractivity contribution is 1.56. The van der Waals surface area contributed by atoms with Gasteiger partial charge in [0.05, 0.1) is 0 Å². The molecule has 0 radical (unpaired) electrons. The number of halogens is 2. The van der Waals surface area contributed by atoms with Gasteiger partial charge < -0.3 is 0 Å².